The van der Waals surface area contributed by atoms with Crippen molar-refractivity contribution < 1.29 is 14.3 Å². The quantitative estimate of drug-likeness (QED) is 0.837. The smallest absolute Gasteiger partial charge is 0.262 e. The number of amides is 1. The number of carbonyl (C=O) groups excluding carboxylic acids is 1. The molecule has 126 valence electrons. The van der Waals surface area contributed by atoms with Crippen LogP contribution in [-0.4, -0.2) is 19.1 Å². The maximum Gasteiger partial charge on any atom is 0.262 e. The Hall–Kier alpha value is -2.49. The molecule has 0 saturated heterocycles. The molecule has 1 aliphatic rings. The van der Waals surface area contributed by atoms with Gasteiger partial charge in [0.05, 0.1) is 12.3 Å². The van der Waals surface area contributed by atoms with Gasteiger partial charge in [-0.05, 0) is 61.1 Å². The molecule has 2 aromatic carbocycles. The van der Waals surface area contributed by atoms with Crippen LogP contribution in [0.5, 0.6) is 11.5 Å². The van der Waals surface area contributed by atoms with Gasteiger partial charge in [0.15, 0.2) is 6.61 Å². The molecular formula is C20H23NO3. The molecule has 0 unspecified atom stereocenters. The first-order chi connectivity index (χ1) is 11.8. The van der Waals surface area contributed by atoms with Crippen LogP contribution in [0.4, 0.5) is 5.69 Å². The summed E-state index contributed by atoms with van der Waals surface area (Å²) in [5, 5.41) is 2.85. The third-order valence-corrected chi connectivity index (χ3v) is 4.06. The SMILES string of the molecule is CCCOc1ccccc1NC(=O)COc1ccc2c(c1)CCC2. The Bertz CT molecular complexity index is 712. The number of rotatable bonds is 7. The normalized spacial score (nSPS) is 12.5. The number of hydrogen-bond acceptors (Lipinski definition) is 3. The molecular weight excluding hydrogens is 302 g/mol. The molecule has 0 atom stereocenters. The van der Waals surface area contributed by atoms with Crippen LogP contribution in [0.1, 0.15) is 30.9 Å². The van der Waals surface area contributed by atoms with E-state index in [0.717, 1.165) is 25.0 Å². The maximum absolute atomic E-state index is 12.2. The maximum atomic E-state index is 12.2. The van der Waals surface area contributed by atoms with E-state index in [1.165, 1.54) is 17.5 Å². The van der Waals surface area contributed by atoms with Crippen molar-refractivity contribution in [3.63, 3.8) is 0 Å². The average Bonchev–Trinajstić information content (AvgIpc) is 3.07. The minimum Gasteiger partial charge on any atom is -0.491 e. The minimum atomic E-state index is -0.192. The molecule has 24 heavy (non-hydrogen) atoms. The third kappa shape index (κ3) is 4.07. The van der Waals surface area contributed by atoms with Crippen LogP contribution in [0, 0.1) is 0 Å². The molecule has 2 aromatic rings. The van der Waals surface area contributed by atoms with Crippen LogP contribution in [0.3, 0.4) is 0 Å². The molecule has 3 rings (SSSR count). The van der Waals surface area contributed by atoms with Gasteiger partial charge < -0.3 is 14.8 Å². The molecule has 1 aliphatic carbocycles. The number of carbonyl (C=O) groups is 1. The minimum absolute atomic E-state index is 0.0130. The molecule has 4 nitrogen and oxygen atoms in total. The van der Waals surface area contributed by atoms with Gasteiger partial charge in [0.25, 0.3) is 5.91 Å². The lowest BCUT2D eigenvalue weighted by molar-refractivity contribution is -0.118. The van der Waals surface area contributed by atoms with Crippen LogP contribution >= 0.6 is 0 Å². The van der Waals surface area contributed by atoms with E-state index in [4.69, 9.17) is 9.47 Å². The zero-order valence-corrected chi connectivity index (χ0v) is 14.0. The summed E-state index contributed by atoms with van der Waals surface area (Å²) >= 11 is 0. The molecule has 0 fully saturated rings. The number of nitrogens with one attached hydrogen (secondary N) is 1. The second-order valence-electron chi connectivity index (χ2n) is 5.97. The number of aryl methyl sites for hydroxylation is 2. The number of fused-ring (bicyclic) bond motifs is 1. The summed E-state index contributed by atoms with van der Waals surface area (Å²) in [5.41, 5.74) is 3.41. The van der Waals surface area contributed by atoms with Crippen molar-refractivity contribution in [2.24, 2.45) is 0 Å². The predicted octanol–water partition coefficient (Wildman–Crippen LogP) is 3.98. The number of ether oxygens (including phenoxy) is 2. The van der Waals surface area contributed by atoms with Crippen LogP contribution in [0.25, 0.3) is 0 Å². The van der Waals surface area contributed by atoms with Crippen molar-refractivity contribution in [1.82, 2.24) is 0 Å². The van der Waals surface area contributed by atoms with Gasteiger partial charge in [-0.1, -0.05) is 25.1 Å². The first kappa shape index (κ1) is 16.4. The topological polar surface area (TPSA) is 47.6 Å². The van der Waals surface area contributed by atoms with Gasteiger partial charge in [0, 0.05) is 0 Å². The molecule has 1 N–H and O–H groups in total. The van der Waals surface area contributed by atoms with Crippen molar-refractivity contribution >= 4 is 11.6 Å². The standard InChI is InChI=1S/C20H23NO3/c1-2-12-23-19-9-4-3-8-18(19)21-20(22)14-24-17-11-10-15-6-5-7-16(15)13-17/h3-4,8-11,13H,2,5-7,12,14H2,1H3,(H,21,22). The van der Waals surface area contributed by atoms with E-state index in [9.17, 15) is 4.79 Å². The van der Waals surface area contributed by atoms with Crippen LogP contribution in [0.15, 0.2) is 42.5 Å². The Balaban J connectivity index is 1.56. The van der Waals surface area contributed by atoms with Crippen LogP contribution < -0.4 is 14.8 Å². The molecule has 0 radical (unpaired) electrons. The fourth-order valence-corrected chi connectivity index (χ4v) is 2.88. The van der Waals surface area contributed by atoms with Gasteiger partial charge in [-0.15, -0.1) is 0 Å². The Morgan fingerprint density at radius 2 is 1.92 bits per heavy atom. The highest BCUT2D eigenvalue weighted by Crippen LogP contribution is 2.26. The second kappa shape index (κ2) is 7.86. The first-order valence-corrected chi connectivity index (χ1v) is 8.52. The lowest BCUT2D eigenvalue weighted by Gasteiger charge is -2.12. The first-order valence-electron chi connectivity index (χ1n) is 8.52. The summed E-state index contributed by atoms with van der Waals surface area (Å²) in [5.74, 6) is 1.24. The lowest BCUT2D eigenvalue weighted by Crippen LogP contribution is -2.20. The summed E-state index contributed by atoms with van der Waals surface area (Å²) in [4.78, 5) is 12.2. The van der Waals surface area contributed by atoms with E-state index in [-0.39, 0.29) is 12.5 Å². The molecule has 1 amide bonds. The van der Waals surface area contributed by atoms with E-state index >= 15 is 0 Å². The summed E-state index contributed by atoms with van der Waals surface area (Å²) in [6.07, 6.45) is 4.36. The Morgan fingerprint density at radius 3 is 2.79 bits per heavy atom. The van der Waals surface area contributed by atoms with E-state index in [0.29, 0.717) is 18.0 Å². The summed E-state index contributed by atoms with van der Waals surface area (Å²) in [6.45, 7) is 2.66. The van der Waals surface area contributed by atoms with Crippen molar-refractivity contribution in [1.29, 1.82) is 0 Å². The van der Waals surface area contributed by atoms with Gasteiger partial charge >= 0.3 is 0 Å². The third-order valence-electron chi connectivity index (χ3n) is 4.06. The summed E-state index contributed by atoms with van der Waals surface area (Å²) < 4.78 is 11.3. The highest BCUT2D eigenvalue weighted by Gasteiger charge is 2.12. The number of hydrogen-bond donors (Lipinski definition) is 1. The molecule has 0 spiro atoms. The molecule has 0 saturated carbocycles. The molecule has 4 heteroatoms. The number of anilines is 1. The average molecular weight is 325 g/mol. The number of benzene rings is 2. The van der Waals surface area contributed by atoms with Gasteiger partial charge in [0.1, 0.15) is 11.5 Å². The van der Waals surface area contributed by atoms with Gasteiger partial charge in [-0.3, -0.25) is 4.79 Å². The Kier molecular flexibility index (Phi) is 5.36. The molecule has 0 aliphatic heterocycles. The second-order valence-corrected chi connectivity index (χ2v) is 5.97. The van der Waals surface area contributed by atoms with Crippen molar-refractivity contribution in [2.45, 2.75) is 32.6 Å². The van der Waals surface area contributed by atoms with Crippen molar-refractivity contribution in [3.8, 4) is 11.5 Å². The van der Waals surface area contributed by atoms with Crippen molar-refractivity contribution in [2.75, 3.05) is 18.5 Å². The van der Waals surface area contributed by atoms with Crippen molar-refractivity contribution in [3.05, 3.63) is 53.6 Å². The van der Waals surface area contributed by atoms with E-state index in [1.54, 1.807) is 0 Å². The molecule has 0 heterocycles. The largest absolute Gasteiger partial charge is 0.491 e. The Labute approximate surface area is 142 Å². The molecule has 0 aromatic heterocycles. The van der Waals surface area contributed by atoms with E-state index < -0.39 is 0 Å². The summed E-state index contributed by atoms with van der Waals surface area (Å²) in [7, 11) is 0. The van der Waals surface area contributed by atoms with E-state index in [1.807, 2.05) is 43.3 Å². The van der Waals surface area contributed by atoms with E-state index in [2.05, 4.69) is 11.4 Å². The van der Waals surface area contributed by atoms with Gasteiger partial charge in [-0.25, -0.2) is 0 Å². The Morgan fingerprint density at radius 1 is 1.08 bits per heavy atom. The highest BCUT2D eigenvalue weighted by atomic mass is 16.5. The summed E-state index contributed by atoms with van der Waals surface area (Å²) in [6, 6.07) is 13.5. The molecule has 0 bridgehead atoms. The number of para-hydroxylation sites is 2. The lowest BCUT2D eigenvalue weighted by atomic mass is 10.1. The van der Waals surface area contributed by atoms with Crippen LogP contribution in [-0.2, 0) is 17.6 Å². The van der Waals surface area contributed by atoms with Gasteiger partial charge in [-0.2, -0.15) is 0 Å². The zero-order valence-electron chi connectivity index (χ0n) is 14.0. The predicted molar refractivity (Wildman–Crippen MR) is 94.8 cm³/mol. The monoisotopic (exact) mass is 325 g/mol. The van der Waals surface area contributed by atoms with Gasteiger partial charge in [0.2, 0.25) is 0 Å². The fourth-order valence-electron chi connectivity index (χ4n) is 2.88. The zero-order chi connectivity index (χ0) is 16.8. The fraction of sp³-hybridized carbons (Fsp3) is 0.350. The highest BCUT2D eigenvalue weighted by molar-refractivity contribution is 5.93. The van der Waals surface area contributed by atoms with Crippen LogP contribution in [0.2, 0.25) is 0 Å².